The fraction of sp³-hybridized carbons (Fsp3) is 0.529. The summed E-state index contributed by atoms with van der Waals surface area (Å²) in [5, 5.41) is 8.98. The number of piperidine rings is 1. The zero-order chi connectivity index (χ0) is 19.2. The minimum absolute atomic E-state index is 0.266. The van der Waals surface area contributed by atoms with Crippen molar-refractivity contribution in [2.45, 2.75) is 25.7 Å². The first-order chi connectivity index (χ1) is 12.8. The van der Waals surface area contributed by atoms with Gasteiger partial charge in [-0.05, 0) is 31.1 Å². The van der Waals surface area contributed by atoms with Gasteiger partial charge in [-0.2, -0.15) is 0 Å². The molecule has 2 fully saturated rings. The van der Waals surface area contributed by atoms with Gasteiger partial charge >= 0.3 is 0 Å². The van der Waals surface area contributed by atoms with Crippen LogP contribution in [0.2, 0.25) is 0 Å². The summed E-state index contributed by atoms with van der Waals surface area (Å²) in [7, 11) is -3.73. The zero-order valence-corrected chi connectivity index (χ0v) is 15.7. The first-order valence-corrected chi connectivity index (χ1v) is 10.7. The maximum Gasteiger partial charge on any atom is 0.254 e. The second kappa shape index (κ2) is 6.38. The van der Waals surface area contributed by atoms with Crippen molar-refractivity contribution in [2.75, 3.05) is 35.1 Å². The Morgan fingerprint density at radius 1 is 1.30 bits per heavy atom. The summed E-state index contributed by atoms with van der Waals surface area (Å²) in [6, 6.07) is 1.63. The van der Waals surface area contributed by atoms with Crippen LogP contribution in [0.3, 0.4) is 0 Å². The average molecular weight is 393 g/mol. The van der Waals surface area contributed by atoms with Crippen molar-refractivity contribution >= 4 is 33.1 Å². The lowest BCUT2D eigenvalue weighted by atomic mass is 9.93. The van der Waals surface area contributed by atoms with Crippen LogP contribution in [0, 0.1) is 5.41 Å². The topological polar surface area (TPSA) is 130 Å². The lowest BCUT2D eigenvalue weighted by molar-refractivity contribution is 0.100. The molecule has 1 saturated carbocycles. The third-order valence-corrected chi connectivity index (χ3v) is 6.88. The van der Waals surface area contributed by atoms with Crippen molar-refractivity contribution in [3.05, 3.63) is 24.0 Å². The number of hydrogen-bond acceptors (Lipinski definition) is 6. The number of imidazole rings is 1. The summed E-state index contributed by atoms with van der Waals surface area (Å²) < 4.78 is 28.3. The number of nitrogens with zero attached hydrogens (tertiary/aromatic N) is 3. The Labute approximate surface area is 157 Å². The molecule has 4 rings (SSSR count). The summed E-state index contributed by atoms with van der Waals surface area (Å²) in [5.41, 5.74) is 7.31. The monoisotopic (exact) mass is 393 g/mol. The number of fused-ring (bicyclic) bond motifs is 1. The lowest BCUT2D eigenvalue weighted by Crippen LogP contribution is -2.36. The molecule has 146 valence electrons. The third kappa shape index (κ3) is 3.34. The van der Waals surface area contributed by atoms with E-state index in [2.05, 4.69) is 14.6 Å². The molecular weight excluding hydrogens is 370 g/mol. The van der Waals surface area contributed by atoms with Gasteiger partial charge in [0.25, 0.3) is 5.91 Å². The first kappa shape index (κ1) is 18.1. The molecule has 0 atom stereocenters. The van der Waals surface area contributed by atoms with Crippen molar-refractivity contribution in [3.63, 3.8) is 0 Å². The molecule has 9 nitrogen and oxygen atoms in total. The quantitative estimate of drug-likeness (QED) is 0.657. The van der Waals surface area contributed by atoms with E-state index in [1.165, 1.54) is 23.4 Å². The number of rotatable bonds is 6. The van der Waals surface area contributed by atoms with Crippen molar-refractivity contribution in [2.24, 2.45) is 11.1 Å². The van der Waals surface area contributed by atoms with Crippen LogP contribution in [0.4, 0.5) is 11.5 Å². The van der Waals surface area contributed by atoms with Gasteiger partial charge in [-0.25, -0.2) is 13.4 Å². The molecule has 2 aliphatic rings. The molecular formula is C17H23N5O4S. The van der Waals surface area contributed by atoms with Gasteiger partial charge in [-0.3, -0.25) is 13.9 Å². The van der Waals surface area contributed by atoms with E-state index in [1.54, 1.807) is 12.3 Å². The van der Waals surface area contributed by atoms with E-state index in [0.29, 0.717) is 16.7 Å². The highest BCUT2D eigenvalue weighted by Gasteiger charge is 2.44. The van der Waals surface area contributed by atoms with Gasteiger partial charge in [-0.1, -0.05) is 0 Å². The molecule has 0 aromatic carbocycles. The van der Waals surface area contributed by atoms with Crippen LogP contribution < -0.4 is 15.4 Å². The SMILES string of the molecule is NC(=O)c1c(N2CCC3(CC2)CC3)cc(NS(=O)(=O)CCO)n2ccnc12. The lowest BCUT2D eigenvalue weighted by Gasteiger charge is -2.35. The molecule has 27 heavy (non-hydrogen) atoms. The number of sulfonamides is 1. The maximum absolute atomic E-state index is 12.2. The van der Waals surface area contributed by atoms with Crippen molar-refractivity contribution in [3.8, 4) is 0 Å². The predicted octanol–water partition coefficient (Wildman–Crippen LogP) is 0.548. The standard InChI is InChI=1S/C17H23N5O4S/c18-15(24)14-12(21-6-3-17(1-2-17)4-7-21)11-13(20-27(25,26)10-9-23)22-8-5-19-16(14)22/h5,8,11,20,23H,1-4,6-7,9-10H2,(H2,18,24). The highest BCUT2D eigenvalue weighted by Crippen LogP contribution is 2.54. The van der Waals surface area contributed by atoms with E-state index in [1.807, 2.05) is 0 Å². The highest BCUT2D eigenvalue weighted by molar-refractivity contribution is 7.92. The molecule has 1 aliphatic heterocycles. The largest absolute Gasteiger partial charge is 0.395 e. The van der Waals surface area contributed by atoms with Crippen LogP contribution in [0.25, 0.3) is 5.65 Å². The number of primary amides is 1. The number of aliphatic hydroxyl groups is 1. The van der Waals surface area contributed by atoms with Gasteiger partial charge in [0, 0.05) is 31.5 Å². The number of amides is 1. The summed E-state index contributed by atoms with van der Waals surface area (Å²) >= 11 is 0. The van der Waals surface area contributed by atoms with Gasteiger partial charge in [0.05, 0.1) is 18.0 Å². The fourth-order valence-corrected chi connectivity index (χ4v) is 4.68. The Kier molecular flexibility index (Phi) is 4.26. The van der Waals surface area contributed by atoms with Gasteiger partial charge < -0.3 is 15.7 Å². The van der Waals surface area contributed by atoms with Crippen molar-refractivity contribution in [1.82, 2.24) is 9.38 Å². The molecule has 1 saturated heterocycles. The smallest absolute Gasteiger partial charge is 0.254 e. The molecule has 0 bridgehead atoms. The van der Waals surface area contributed by atoms with Gasteiger partial charge in [0.2, 0.25) is 10.0 Å². The first-order valence-electron chi connectivity index (χ1n) is 9.00. The number of pyridine rings is 1. The molecule has 0 unspecified atom stereocenters. The minimum Gasteiger partial charge on any atom is -0.395 e. The molecule has 1 aliphatic carbocycles. The predicted molar refractivity (Wildman–Crippen MR) is 101 cm³/mol. The second-order valence-corrected chi connectivity index (χ2v) is 9.25. The number of nitrogens with two attached hydrogens (primary N) is 1. The molecule has 2 aromatic heterocycles. The van der Waals surface area contributed by atoms with E-state index in [0.717, 1.165) is 25.9 Å². The summed E-state index contributed by atoms with van der Waals surface area (Å²) in [6.07, 6.45) is 7.68. The third-order valence-electron chi connectivity index (χ3n) is 5.64. The normalized spacial score (nSPS) is 18.8. The Hall–Kier alpha value is -2.33. The number of anilines is 2. The van der Waals surface area contributed by atoms with E-state index in [4.69, 9.17) is 10.8 Å². The van der Waals surface area contributed by atoms with Crippen LogP contribution in [0.5, 0.6) is 0 Å². The van der Waals surface area contributed by atoms with Crippen LogP contribution >= 0.6 is 0 Å². The number of hydrogen-bond donors (Lipinski definition) is 3. The summed E-state index contributed by atoms with van der Waals surface area (Å²) in [5.74, 6) is -0.747. The number of carbonyl (C=O) groups is 1. The van der Waals surface area contributed by atoms with E-state index in [-0.39, 0.29) is 11.4 Å². The zero-order valence-electron chi connectivity index (χ0n) is 14.9. The Bertz CT molecular complexity index is 986. The Morgan fingerprint density at radius 2 is 2.00 bits per heavy atom. The fourth-order valence-electron chi connectivity index (χ4n) is 3.86. The molecule has 1 amide bonds. The summed E-state index contributed by atoms with van der Waals surface area (Å²) in [6.45, 7) is 1.10. The number of aliphatic hydroxyl groups excluding tert-OH is 1. The van der Waals surface area contributed by atoms with E-state index in [9.17, 15) is 13.2 Å². The van der Waals surface area contributed by atoms with Crippen LogP contribution in [0.1, 0.15) is 36.0 Å². The number of carbonyl (C=O) groups excluding carboxylic acids is 1. The van der Waals surface area contributed by atoms with Gasteiger partial charge in [0.1, 0.15) is 11.4 Å². The van der Waals surface area contributed by atoms with E-state index < -0.39 is 28.3 Å². The van der Waals surface area contributed by atoms with Gasteiger partial charge in [-0.15, -0.1) is 0 Å². The van der Waals surface area contributed by atoms with Gasteiger partial charge in [0.15, 0.2) is 5.65 Å². The molecule has 1 spiro atoms. The Balaban J connectivity index is 1.79. The molecule has 0 radical (unpaired) electrons. The molecule has 3 heterocycles. The van der Waals surface area contributed by atoms with Crippen molar-refractivity contribution in [1.29, 1.82) is 0 Å². The van der Waals surface area contributed by atoms with Crippen molar-refractivity contribution < 1.29 is 18.3 Å². The number of aromatic nitrogens is 2. The maximum atomic E-state index is 12.2. The Morgan fingerprint density at radius 3 is 2.59 bits per heavy atom. The average Bonchev–Trinajstić information content (AvgIpc) is 3.16. The number of nitrogens with one attached hydrogen (secondary N) is 1. The van der Waals surface area contributed by atoms with Crippen LogP contribution in [-0.4, -0.2) is 54.3 Å². The highest BCUT2D eigenvalue weighted by atomic mass is 32.2. The summed E-state index contributed by atoms with van der Waals surface area (Å²) in [4.78, 5) is 18.5. The van der Waals surface area contributed by atoms with E-state index >= 15 is 0 Å². The molecule has 10 heteroatoms. The second-order valence-electron chi connectivity index (χ2n) is 7.41. The molecule has 4 N–H and O–H groups in total. The minimum atomic E-state index is -3.73. The molecule has 2 aromatic rings. The van der Waals surface area contributed by atoms with Crippen LogP contribution in [0.15, 0.2) is 18.5 Å². The van der Waals surface area contributed by atoms with Crippen LogP contribution in [-0.2, 0) is 10.0 Å².